The molecule has 5 nitrogen and oxygen atoms in total. The summed E-state index contributed by atoms with van der Waals surface area (Å²) in [6.07, 6.45) is 0. The molecule has 6 heteroatoms. The second-order valence-electron chi connectivity index (χ2n) is 13.9. The third-order valence-electron chi connectivity index (χ3n) is 10.8. The highest BCUT2D eigenvalue weighted by atomic mass is 32.1. The van der Waals surface area contributed by atoms with Gasteiger partial charge >= 0.3 is 0 Å². The maximum absolute atomic E-state index is 6.66. The normalized spacial score (nSPS) is 12.0. The summed E-state index contributed by atoms with van der Waals surface area (Å²) in [6.45, 7) is 0. The maximum atomic E-state index is 6.66. The Morgan fingerprint density at radius 3 is 2.07 bits per heavy atom. The van der Waals surface area contributed by atoms with Crippen molar-refractivity contribution in [3.63, 3.8) is 0 Å². The van der Waals surface area contributed by atoms with Gasteiger partial charge in [-0.1, -0.05) is 97.1 Å². The Bertz CT molecular complexity index is 3450. The molecular weight excluding hydrogens is 695 g/mol. The molecular formula is C49H29N3O2S. The zero-order chi connectivity index (χ0) is 36.0. The summed E-state index contributed by atoms with van der Waals surface area (Å²) in [4.78, 5) is 7.74. The monoisotopic (exact) mass is 723 g/mol. The Morgan fingerprint density at radius 1 is 0.491 bits per heavy atom. The summed E-state index contributed by atoms with van der Waals surface area (Å²) in [5.41, 5.74) is 10.2. The van der Waals surface area contributed by atoms with Gasteiger partial charge in [0.05, 0.1) is 27.8 Å². The summed E-state index contributed by atoms with van der Waals surface area (Å²) < 4.78 is 18.2. The van der Waals surface area contributed by atoms with Gasteiger partial charge < -0.3 is 18.3 Å². The lowest BCUT2D eigenvalue weighted by Gasteiger charge is -2.27. The molecule has 0 radical (unpaired) electrons. The minimum Gasteiger partial charge on any atom is -0.456 e. The zero-order valence-electron chi connectivity index (χ0n) is 29.3. The summed E-state index contributed by atoms with van der Waals surface area (Å²) >= 11 is 1.82. The van der Waals surface area contributed by atoms with E-state index in [0.717, 1.165) is 77.6 Å². The summed E-state index contributed by atoms with van der Waals surface area (Å²) in [5, 5.41) is 6.76. The molecule has 0 aliphatic heterocycles. The number of thiophene rings is 1. The molecule has 0 saturated carbocycles. The van der Waals surface area contributed by atoms with E-state index < -0.39 is 0 Å². The Balaban J connectivity index is 1.26. The van der Waals surface area contributed by atoms with Crippen molar-refractivity contribution in [1.29, 1.82) is 0 Å². The van der Waals surface area contributed by atoms with Gasteiger partial charge in [-0.3, -0.25) is 0 Å². The molecule has 0 N–H and O–H groups in total. The van der Waals surface area contributed by atoms with Gasteiger partial charge in [0.25, 0.3) is 0 Å². The van der Waals surface area contributed by atoms with Gasteiger partial charge in [-0.25, -0.2) is 4.98 Å². The molecule has 12 aromatic rings. The molecule has 0 aliphatic carbocycles. The van der Waals surface area contributed by atoms with E-state index in [0.29, 0.717) is 11.5 Å². The Hall–Kier alpha value is -7.15. The number of benzene rings is 8. The summed E-state index contributed by atoms with van der Waals surface area (Å²) in [7, 11) is 0. The van der Waals surface area contributed by atoms with Crippen LogP contribution in [0, 0.1) is 0 Å². The third kappa shape index (κ3) is 4.49. The molecule has 8 aromatic carbocycles. The van der Waals surface area contributed by atoms with Crippen molar-refractivity contribution in [2.75, 3.05) is 4.90 Å². The van der Waals surface area contributed by atoms with Crippen LogP contribution in [0.15, 0.2) is 185 Å². The number of nitrogens with zero attached hydrogens (tertiary/aromatic N) is 3. The van der Waals surface area contributed by atoms with Gasteiger partial charge in [0, 0.05) is 59.3 Å². The smallest absolute Gasteiger partial charge is 0.227 e. The molecule has 258 valence electrons. The standard InChI is InChI=1S/C49H29N3O2S/c1-3-14-30(15-4-1)49-50-47-42(54-49)29-41-46(35-20-8-11-24-40(35)53-41)48(47)52(32-26-27-44-36(28-32)33-18-9-12-25-43(33)55-44)39-23-13-22-38-45(39)34-19-7-10-21-37(34)51(38)31-16-5-2-6-17-31/h1-29H. The van der Waals surface area contributed by atoms with Crippen molar-refractivity contribution >= 4 is 103 Å². The average Bonchev–Trinajstić information content (AvgIpc) is 4.02. The van der Waals surface area contributed by atoms with E-state index in [2.05, 4.69) is 137 Å². The third-order valence-corrected chi connectivity index (χ3v) is 11.9. The number of oxazole rings is 1. The lowest BCUT2D eigenvalue weighted by atomic mass is 10.0. The van der Waals surface area contributed by atoms with E-state index in [9.17, 15) is 0 Å². The molecule has 0 fully saturated rings. The first-order chi connectivity index (χ1) is 27.3. The van der Waals surface area contributed by atoms with E-state index in [1.807, 2.05) is 59.9 Å². The first-order valence-corrected chi connectivity index (χ1v) is 19.2. The number of hydrogen-bond acceptors (Lipinski definition) is 5. The predicted molar refractivity (Wildman–Crippen MR) is 229 cm³/mol. The van der Waals surface area contributed by atoms with E-state index in [1.54, 1.807) is 0 Å². The van der Waals surface area contributed by atoms with Gasteiger partial charge in [-0.05, 0) is 72.8 Å². The lowest BCUT2D eigenvalue weighted by Crippen LogP contribution is -2.11. The molecule has 4 heterocycles. The van der Waals surface area contributed by atoms with Crippen molar-refractivity contribution in [3.8, 4) is 17.1 Å². The van der Waals surface area contributed by atoms with Crippen LogP contribution in [0.25, 0.3) is 92.2 Å². The Labute approximate surface area is 318 Å². The second kappa shape index (κ2) is 11.7. The lowest BCUT2D eigenvalue weighted by molar-refractivity contribution is 0.617. The van der Waals surface area contributed by atoms with Crippen LogP contribution in [0.3, 0.4) is 0 Å². The topological polar surface area (TPSA) is 47.3 Å². The van der Waals surface area contributed by atoms with Crippen LogP contribution in [0.2, 0.25) is 0 Å². The molecule has 0 bridgehead atoms. The summed E-state index contributed by atoms with van der Waals surface area (Å²) in [5.74, 6) is 0.562. The fourth-order valence-corrected chi connectivity index (χ4v) is 9.54. The Kier molecular flexibility index (Phi) is 6.44. The fourth-order valence-electron chi connectivity index (χ4n) is 8.45. The van der Waals surface area contributed by atoms with Gasteiger partial charge in [0.1, 0.15) is 16.7 Å². The number of fused-ring (bicyclic) bond motifs is 10. The molecule has 0 atom stereocenters. The van der Waals surface area contributed by atoms with Crippen LogP contribution in [0.5, 0.6) is 0 Å². The number of anilines is 3. The quantitative estimate of drug-likeness (QED) is 0.177. The SMILES string of the molecule is c1ccc(-c2nc3c(N(c4ccc5sc6ccccc6c5c4)c4cccc5c4c4ccccc4n5-c4ccccc4)c4c(cc3o2)oc2ccccc24)cc1. The zero-order valence-corrected chi connectivity index (χ0v) is 30.1. The largest absolute Gasteiger partial charge is 0.456 e. The molecule has 55 heavy (non-hydrogen) atoms. The highest BCUT2D eigenvalue weighted by Crippen LogP contribution is 2.51. The van der Waals surface area contributed by atoms with Gasteiger partial charge in [-0.15, -0.1) is 11.3 Å². The van der Waals surface area contributed by atoms with Crippen LogP contribution in [-0.2, 0) is 0 Å². The van der Waals surface area contributed by atoms with Crippen molar-refractivity contribution in [2.45, 2.75) is 0 Å². The van der Waals surface area contributed by atoms with Gasteiger partial charge in [0.2, 0.25) is 5.89 Å². The molecule has 4 aromatic heterocycles. The maximum Gasteiger partial charge on any atom is 0.227 e. The average molecular weight is 724 g/mol. The summed E-state index contributed by atoms with van der Waals surface area (Å²) in [6, 6.07) is 61.9. The highest BCUT2D eigenvalue weighted by Gasteiger charge is 2.29. The van der Waals surface area contributed by atoms with Crippen molar-refractivity contribution in [3.05, 3.63) is 176 Å². The van der Waals surface area contributed by atoms with Crippen molar-refractivity contribution < 1.29 is 8.83 Å². The highest BCUT2D eigenvalue weighted by molar-refractivity contribution is 7.25. The van der Waals surface area contributed by atoms with Crippen LogP contribution in [0.4, 0.5) is 17.1 Å². The van der Waals surface area contributed by atoms with Crippen LogP contribution in [-0.4, -0.2) is 9.55 Å². The van der Waals surface area contributed by atoms with E-state index in [1.165, 1.54) is 20.2 Å². The number of furan rings is 1. The number of hydrogen-bond donors (Lipinski definition) is 0. The van der Waals surface area contributed by atoms with E-state index >= 15 is 0 Å². The first kappa shape index (κ1) is 30.3. The molecule has 0 unspecified atom stereocenters. The van der Waals surface area contributed by atoms with Gasteiger partial charge in [0.15, 0.2) is 5.58 Å². The first-order valence-electron chi connectivity index (χ1n) is 18.4. The van der Waals surface area contributed by atoms with Crippen molar-refractivity contribution in [1.82, 2.24) is 9.55 Å². The van der Waals surface area contributed by atoms with Crippen LogP contribution < -0.4 is 4.90 Å². The molecule has 12 rings (SSSR count). The Morgan fingerprint density at radius 2 is 1.20 bits per heavy atom. The fraction of sp³-hybridized carbons (Fsp3) is 0. The molecule has 0 amide bonds. The minimum absolute atomic E-state index is 0.562. The number of para-hydroxylation sites is 3. The second-order valence-corrected chi connectivity index (χ2v) is 15.0. The van der Waals surface area contributed by atoms with Crippen molar-refractivity contribution in [2.24, 2.45) is 0 Å². The number of aromatic nitrogens is 2. The predicted octanol–water partition coefficient (Wildman–Crippen LogP) is 14.3. The molecule has 0 aliphatic rings. The number of rotatable bonds is 5. The van der Waals surface area contributed by atoms with Gasteiger partial charge in [-0.2, -0.15) is 0 Å². The van der Waals surface area contributed by atoms with Crippen LogP contribution >= 0.6 is 11.3 Å². The molecule has 0 spiro atoms. The molecule has 0 saturated heterocycles. The van der Waals surface area contributed by atoms with Crippen LogP contribution in [0.1, 0.15) is 0 Å². The van der Waals surface area contributed by atoms with E-state index in [-0.39, 0.29) is 0 Å². The minimum atomic E-state index is 0.562. The van der Waals surface area contributed by atoms with E-state index in [4.69, 9.17) is 13.8 Å².